The molecule has 1 heterocycles. The average molecular weight is 407 g/mol. The molecule has 0 saturated carbocycles. The molecule has 0 N–H and O–H groups in total. The second-order valence-corrected chi connectivity index (χ2v) is 6.74. The van der Waals surface area contributed by atoms with Gasteiger partial charge >= 0.3 is 0 Å². The first kappa shape index (κ1) is 18.9. The summed E-state index contributed by atoms with van der Waals surface area (Å²) in [4.78, 5) is 19.2. The van der Waals surface area contributed by atoms with Gasteiger partial charge in [-0.05, 0) is 60.2 Å². The maximum atomic E-state index is 13.4. The van der Waals surface area contributed by atoms with Crippen LogP contribution in [0.1, 0.15) is 11.1 Å². The minimum atomic E-state index is -0.384. The van der Waals surface area contributed by atoms with Crippen molar-refractivity contribution in [3.63, 3.8) is 0 Å². The molecule has 0 unspecified atom stereocenters. The molecule has 3 aromatic rings. The number of aliphatic imine (C=N–C) groups is 1. The number of ether oxygens (including phenoxy) is 1. The van der Waals surface area contributed by atoms with Crippen LogP contribution in [-0.4, -0.2) is 18.9 Å². The minimum Gasteiger partial charge on any atom is -0.497 e. The lowest BCUT2D eigenvalue weighted by molar-refractivity contribution is -0.113. The van der Waals surface area contributed by atoms with Gasteiger partial charge in [0.25, 0.3) is 5.91 Å². The Morgan fingerprint density at radius 1 is 1.00 bits per heavy atom. The van der Waals surface area contributed by atoms with E-state index in [0.717, 1.165) is 11.3 Å². The van der Waals surface area contributed by atoms with Gasteiger partial charge in [0.05, 0.1) is 17.8 Å². The van der Waals surface area contributed by atoms with E-state index in [-0.39, 0.29) is 17.4 Å². The summed E-state index contributed by atoms with van der Waals surface area (Å²) in [6.07, 6.45) is 1.70. The summed E-state index contributed by atoms with van der Waals surface area (Å²) in [6.45, 7) is 0. The van der Waals surface area contributed by atoms with E-state index < -0.39 is 0 Å². The highest BCUT2D eigenvalue weighted by atomic mass is 35.5. The molecule has 0 saturated heterocycles. The summed E-state index contributed by atoms with van der Waals surface area (Å²) in [6, 6.07) is 20.1. The Labute approximate surface area is 172 Å². The zero-order valence-corrected chi connectivity index (χ0v) is 16.2. The normalized spacial score (nSPS) is 15.0. The van der Waals surface area contributed by atoms with Crippen LogP contribution >= 0.6 is 11.6 Å². The quantitative estimate of drug-likeness (QED) is 0.550. The molecular weight excluding hydrogens is 391 g/mol. The van der Waals surface area contributed by atoms with Crippen LogP contribution in [0.25, 0.3) is 6.08 Å². The van der Waals surface area contributed by atoms with Crippen LogP contribution in [0.2, 0.25) is 5.02 Å². The number of amides is 1. The third kappa shape index (κ3) is 3.77. The smallest absolute Gasteiger partial charge is 0.282 e. The average Bonchev–Trinajstić information content (AvgIpc) is 3.05. The van der Waals surface area contributed by atoms with Gasteiger partial charge in [-0.15, -0.1) is 0 Å². The number of halogens is 2. The van der Waals surface area contributed by atoms with Crippen molar-refractivity contribution in [1.29, 1.82) is 0 Å². The Balaban J connectivity index is 1.81. The van der Waals surface area contributed by atoms with Crippen molar-refractivity contribution in [3.05, 3.63) is 100 Å². The van der Waals surface area contributed by atoms with Crippen LogP contribution in [0.3, 0.4) is 0 Å². The number of rotatable bonds is 4. The predicted octanol–water partition coefficient (Wildman–Crippen LogP) is 5.32. The molecule has 0 fully saturated rings. The first-order valence-electron chi connectivity index (χ1n) is 8.86. The molecule has 4 rings (SSSR count). The molecule has 4 nitrogen and oxygen atoms in total. The fourth-order valence-electron chi connectivity index (χ4n) is 3.03. The third-order valence-electron chi connectivity index (χ3n) is 4.48. The number of carbonyl (C=O) groups is 1. The van der Waals surface area contributed by atoms with Gasteiger partial charge in [-0.1, -0.05) is 35.9 Å². The van der Waals surface area contributed by atoms with E-state index in [9.17, 15) is 9.18 Å². The summed E-state index contributed by atoms with van der Waals surface area (Å²) in [7, 11) is 1.59. The van der Waals surface area contributed by atoms with Crippen molar-refractivity contribution in [2.75, 3.05) is 12.0 Å². The van der Waals surface area contributed by atoms with Crippen LogP contribution in [-0.2, 0) is 4.79 Å². The second kappa shape index (κ2) is 7.89. The van der Waals surface area contributed by atoms with Crippen LogP contribution in [0.4, 0.5) is 10.1 Å². The Morgan fingerprint density at radius 2 is 1.69 bits per heavy atom. The van der Waals surface area contributed by atoms with Gasteiger partial charge in [0, 0.05) is 5.56 Å². The van der Waals surface area contributed by atoms with Crippen molar-refractivity contribution < 1.29 is 13.9 Å². The number of hydrogen-bond acceptors (Lipinski definition) is 3. The molecule has 0 bridgehead atoms. The van der Waals surface area contributed by atoms with Crippen LogP contribution < -0.4 is 9.64 Å². The molecule has 0 aromatic heterocycles. The van der Waals surface area contributed by atoms with Crippen LogP contribution in [0.15, 0.2) is 83.5 Å². The minimum absolute atomic E-state index is 0.259. The highest BCUT2D eigenvalue weighted by Gasteiger charge is 2.33. The molecular formula is C23H16ClFN2O2. The molecule has 0 radical (unpaired) electrons. The van der Waals surface area contributed by atoms with Crippen molar-refractivity contribution in [1.82, 2.24) is 0 Å². The lowest BCUT2D eigenvalue weighted by Gasteiger charge is -2.19. The standard InChI is InChI=1S/C23H16ClFN2O2/c1-29-18-12-6-15(7-13-18)14-21-23(28)27(17-10-8-16(25)9-11-17)22(26-21)19-4-2-3-5-20(19)24/h2-14H,1H3/b21-14+. The zero-order chi connectivity index (χ0) is 20.4. The van der Waals surface area contributed by atoms with Crippen molar-refractivity contribution in [3.8, 4) is 5.75 Å². The molecule has 1 aliphatic rings. The SMILES string of the molecule is COc1ccc(/C=C2/N=C(c3ccccc3Cl)N(c3ccc(F)cc3)C2=O)cc1. The second-order valence-electron chi connectivity index (χ2n) is 6.33. The van der Waals surface area contributed by atoms with Gasteiger partial charge in [0.2, 0.25) is 0 Å². The summed E-state index contributed by atoms with van der Waals surface area (Å²) in [5.74, 6) is 0.415. The fourth-order valence-corrected chi connectivity index (χ4v) is 3.25. The molecule has 29 heavy (non-hydrogen) atoms. The Bertz CT molecular complexity index is 1120. The molecule has 6 heteroatoms. The summed E-state index contributed by atoms with van der Waals surface area (Å²) >= 11 is 6.36. The van der Waals surface area contributed by atoms with Gasteiger partial charge < -0.3 is 4.74 Å². The number of methoxy groups -OCH3 is 1. The molecule has 144 valence electrons. The number of nitrogens with zero attached hydrogens (tertiary/aromatic N) is 2. The molecule has 0 aliphatic carbocycles. The molecule has 1 aliphatic heterocycles. The molecule has 3 aromatic carbocycles. The van der Waals surface area contributed by atoms with E-state index >= 15 is 0 Å². The zero-order valence-electron chi connectivity index (χ0n) is 15.5. The first-order valence-corrected chi connectivity index (χ1v) is 9.24. The van der Waals surface area contributed by atoms with Gasteiger partial charge in [-0.3, -0.25) is 9.69 Å². The van der Waals surface area contributed by atoms with Crippen LogP contribution in [0.5, 0.6) is 5.75 Å². The summed E-state index contributed by atoms with van der Waals surface area (Å²) < 4.78 is 18.6. The van der Waals surface area contributed by atoms with E-state index in [0.29, 0.717) is 22.1 Å². The molecule has 0 spiro atoms. The number of hydrogen-bond donors (Lipinski definition) is 0. The van der Waals surface area contributed by atoms with E-state index in [1.807, 2.05) is 30.3 Å². The Kier molecular flexibility index (Phi) is 5.14. The Hall–Kier alpha value is -3.44. The number of benzene rings is 3. The maximum Gasteiger partial charge on any atom is 0.282 e. The monoisotopic (exact) mass is 406 g/mol. The van der Waals surface area contributed by atoms with Gasteiger partial charge in [-0.2, -0.15) is 0 Å². The number of amidine groups is 1. The van der Waals surface area contributed by atoms with Crippen molar-refractivity contribution in [2.24, 2.45) is 4.99 Å². The van der Waals surface area contributed by atoms with Crippen molar-refractivity contribution >= 4 is 35.1 Å². The third-order valence-corrected chi connectivity index (χ3v) is 4.81. The molecule has 1 amide bonds. The maximum absolute atomic E-state index is 13.4. The highest BCUT2D eigenvalue weighted by Crippen LogP contribution is 2.30. The fraction of sp³-hybridized carbons (Fsp3) is 0.0435. The number of anilines is 1. The van der Waals surface area contributed by atoms with Gasteiger partial charge in [0.15, 0.2) is 0 Å². The van der Waals surface area contributed by atoms with Crippen LogP contribution in [0, 0.1) is 5.82 Å². The highest BCUT2D eigenvalue weighted by molar-refractivity contribution is 6.39. The lowest BCUT2D eigenvalue weighted by Crippen LogP contribution is -2.32. The Morgan fingerprint density at radius 3 is 2.34 bits per heavy atom. The van der Waals surface area contributed by atoms with Crippen molar-refractivity contribution in [2.45, 2.75) is 0 Å². The summed E-state index contributed by atoms with van der Waals surface area (Å²) in [5, 5.41) is 0.469. The van der Waals surface area contributed by atoms with E-state index in [1.54, 1.807) is 31.4 Å². The van der Waals surface area contributed by atoms with E-state index in [1.165, 1.54) is 29.2 Å². The topological polar surface area (TPSA) is 41.9 Å². The predicted molar refractivity (Wildman–Crippen MR) is 113 cm³/mol. The van der Waals surface area contributed by atoms with E-state index in [2.05, 4.69) is 4.99 Å². The largest absolute Gasteiger partial charge is 0.497 e. The first-order chi connectivity index (χ1) is 14.1. The van der Waals surface area contributed by atoms with Gasteiger partial charge in [-0.25, -0.2) is 9.38 Å². The van der Waals surface area contributed by atoms with E-state index in [4.69, 9.17) is 16.3 Å². The summed E-state index contributed by atoms with van der Waals surface area (Å²) in [5.41, 5.74) is 2.19. The number of carbonyl (C=O) groups excluding carboxylic acids is 1. The molecule has 0 atom stereocenters. The van der Waals surface area contributed by atoms with Gasteiger partial charge in [0.1, 0.15) is 23.1 Å². The lowest BCUT2D eigenvalue weighted by atomic mass is 10.1.